The zero-order valence-electron chi connectivity index (χ0n) is 15.4. The van der Waals surface area contributed by atoms with Crippen molar-refractivity contribution in [1.82, 2.24) is 4.90 Å². The molecule has 4 rings (SSSR count). The predicted octanol–water partition coefficient (Wildman–Crippen LogP) is 2.15. The maximum Gasteiger partial charge on any atom is 0.251 e. The van der Waals surface area contributed by atoms with Crippen molar-refractivity contribution in [3.8, 4) is 5.75 Å². The molecule has 2 aromatic carbocycles. The molecule has 2 aliphatic heterocycles. The average Bonchev–Trinajstić information content (AvgIpc) is 3.03. The van der Waals surface area contributed by atoms with Gasteiger partial charge in [-0.1, -0.05) is 18.2 Å². The molecule has 140 valence electrons. The lowest BCUT2D eigenvalue weighted by molar-refractivity contribution is -0.123. The van der Waals surface area contributed by atoms with Gasteiger partial charge in [-0.3, -0.25) is 14.5 Å². The molecule has 0 spiro atoms. The maximum atomic E-state index is 12.9. The molecule has 2 amide bonds. The molecular weight excluding hydrogens is 342 g/mol. The van der Waals surface area contributed by atoms with Crippen LogP contribution >= 0.6 is 0 Å². The number of benzene rings is 2. The van der Waals surface area contributed by atoms with Gasteiger partial charge in [-0.2, -0.15) is 0 Å². The standard InChI is InChI=1S/C21H23N3O3/c1-27-18-9-7-16(8-10-18)22-11-13-23(14-12-22)19-15-20(25)24(21(19)26)17-5-3-2-4-6-17/h2-10,19H,11-15H2,1H3. The van der Waals surface area contributed by atoms with Gasteiger partial charge < -0.3 is 9.64 Å². The van der Waals surface area contributed by atoms with Crippen LogP contribution in [0.5, 0.6) is 5.75 Å². The van der Waals surface area contributed by atoms with E-state index in [1.165, 1.54) is 4.90 Å². The van der Waals surface area contributed by atoms with Gasteiger partial charge in [0.15, 0.2) is 0 Å². The minimum absolute atomic E-state index is 0.107. The lowest BCUT2D eigenvalue weighted by atomic mass is 10.1. The third-order valence-electron chi connectivity index (χ3n) is 5.33. The molecule has 1 unspecified atom stereocenters. The summed E-state index contributed by atoms with van der Waals surface area (Å²) in [6, 6.07) is 16.8. The molecule has 0 radical (unpaired) electrons. The summed E-state index contributed by atoms with van der Waals surface area (Å²) in [6.07, 6.45) is 0.260. The van der Waals surface area contributed by atoms with Gasteiger partial charge in [0.2, 0.25) is 5.91 Å². The number of amides is 2. The van der Waals surface area contributed by atoms with E-state index < -0.39 is 0 Å². The monoisotopic (exact) mass is 365 g/mol. The number of nitrogens with zero attached hydrogens (tertiary/aromatic N) is 3. The number of hydrogen-bond acceptors (Lipinski definition) is 5. The fourth-order valence-corrected chi connectivity index (χ4v) is 3.83. The van der Waals surface area contributed by atoms with Gasteiger partial charge >= 0.3 is 0 Å². The number of para-hydroxylation sites is 1. The van der Waals surface area contributed by atoms with Crippen molar-refractivity contribution >= 4 is 23.2 Å². The molecule has 0 N–H and O–H groups in total. The number of carbonyl (C=O) groups is 2. The largest absolute Gasteiger partial charge is 0.497 e. The number of rotatable bonds is 4. The summed E-state index contributed by atoms with van der Waals surface area (Å²) in [5.74, 6) is 0.617. The van der Waals surface area contributed by atoms with E-state index in [1.807, 2.05) is 30.3 Å². The van der Waals surface area contributed by atoms with E-state index in [0.717, 1.165) is 37.6 Å². The number of imide groups is 1. The number of methoxy groups -OCH3 is 1. The third kappa shape index (κ3) is 3.40. The molecular formula is C21H23N3O3. The molecule has 27 heavy (non-hydrogen) atoms. The van der Waals surface area contributed by atoms with Crippen LogP contribution in [-0.2, 0) is 9.59 Å². The van der Waals surface area contributed by atoms with E-state index >= 15 is 0 Å². The van der Waals surface area contributed by atoms with Gasteiger partial charge in [0.1, 0.15) is 5.75 Å². The number of piperazine rings is 1. The van der Waals surface area contributed by atoms with Gasteiger partial charge in [-0.15, -0.1) is 0 Å². The molecule has 0 bridgehead atoms. The zero-order chi connectivity index (χ0) is 18.8. The Morgan fingerprint density at radius 2 is 1.52 bits per heavy atom. The molecule has 2 aromatic rings. The Kier molecular flexibility index (Phi) is 4.81. The topological polar surface area (TPSA) is 53.1 Å². The van der Waals surface area contributed by atoms with Crippen molar-refractivity contribution < 1.29 is 14.3 Å². The van der Waals surface area contributed by atoms with Crippen LogP contribution in [0, 0.1) is 0 Å². The van der Waals surface area contributed by atoms with Crippen LogP contribution in [0.2, 0.25) is 0 Å². The quantitative estimate of drug-likeness (QED) is 0.777. The van der Waals surface area contributed by atoms with E-state index in [2.05, 4.69) is 21.9 Å². The molecule has 6 nitrogen and oxygen atoms in total. The van der Waals surface area contributed by atoms with Gasteiger partial charge in [0.05, 0.1) is 25.3 Å². The predicted molar refractivity (Wildman–Crippen MR) is 104 cm³/mol. The van der Waals surface area contributed by atoms with Crippen LogP contribution in [0.3, 0.4) is 0 Å². The Morgan fingerprint density at radius 3 is 2.15 bits per heavy atom. The molecule has 0 aliphatic carbocycles. The Balaban J connectivity index is 1.41. The minimum atomic E-state index is -0.351. The van der Waals surface area contributed by atoms with Crippen molar-refractivity contribution in [1.29, 1.82) is 0 Å². The third-order valence-corrected chi connectivity index (χ3v) is 5.33. The van der Waals surface area contributed by atoms with Crippen LogP contribution in [0.25, 0.3) is 0 Å². The Bertz CT molecular complexity index is 814. The number of carbonyl (C=O) groups excluding carboxylic acids is 2. The summed E-state index contributed by atoms with van der Waals surface area (Å²) in [6.45, 7) is 3.18. The normalized spacial score (nSPS) is 21.0. The summed E-state index contributed by atoms with van der Waals surface area (Å²) < 4.78 is 5.21. The molecule has 2 fully saturated rings. The first-order valence-corrected chi connectivity index (χ1v) is 9.22. The summed E-state index contributed by atoms with van der Waals surface area (Å²) in [7, 11) is 1.66. The van der Waals surface area contributed by atoms with Crippen LogP contribution < -0.4 is 14.5 Å². The van der Waals surface area contributed by atoms with Crippen LogP contribution in [0.4, 0.5) is 11.4 Å². The summed E-state index contributed by atoms with van der Waals surface area (Å²) in [5, 5.41) is 0. The molecule has 2 saturated heterocycles. The van der Waals surface area contributed by atoms with Gasteiger partial charge in [-0.25, -0.2) is 4.90 Å². The first-order valence-electron chi connectivity index (χ1n) is 9.22. The molecule has 1 atom stereocenters. The second-order valence-corrected chi connectivity index (χ2v) is 6.84. The number of anilines is 2. The van der Waals surface area contributed by atoms with Crippen molar-refractivity contribution in [3.05, 3.63) is 54.6 Å². The molecule has 0 saturated carbocycles. The van der Waals surface area contributed by atoms with Crippen LogP contribution in [-0.4, -0.2) is 56.0 Å². The Morgan fingerprint density at radius 1 is 0.852 bits per heavy atom. The lowest BCUT2D eigenvalue weighted by Gasteiger charge is -2.38. The highest BCUT2D eigenvalue weighted by Gasteiger charge is 2.43. The highest BCUT2D eigenvalue weighted by Crippen LogP contribution is 2.27. The Hall–Kier alpha value is -2.86. The fraction of sp³-hybridized carbons (Fsp3) is 0.333. The highest BCUT2D eigenvalue weighted by molar-refractivity contribution is 6.22. The summed E-state index contributed by atoms with van der Waals surface area (Å²) in [4.78, 5) is 31.1. The fourth-order valence-electron chi connectivity index (χ4n) is 3.83. The summed E-state index contributed by atoms with van der Waals surface area (Å²) >= 11 is 0. The smallest absolute Gasteiger partial charge is 0.251 e. The van der Waals surface area contributed by atoms with Crippen molar-refractivity contribution in [2.45, 2.75) is 12.5 Å². The van der Waals surface area contributed by atoms with E-state index in [-0.39, 0.29) is 24.3 Å². The molecule has 2 aliphatic rings. The second-order valence-electron chi connectivity index (χ2n) is 6.84. The number of ether oxygens (including phenoxy) is 1. The van der Waals surface area contributed by atoms with Crippen LogP contribution in [0.1, 0.15) is 6.42 Å². The molecule has 0 aromatic heterocycles. The van der Waals surface area contributed by atoms with E-state index in [9.17, 15) is 9.59 Å². The first kappa shape index (κ1) is 17.5. The zero-order valence-corrected chi connectivity index (χ0v) is 15.4. The lowest BCUT2D eigenvalue weighted by Crippen LogP contribution is -2.52. The maximum absolute atomic E-state index is 12.9. The van der Waals surface area contributed by atoms with Gasteiger partial charge in [-0.05, 0) is 36.4 Å². The van der Waals surface area contributed by atoms with Gasteiger partial charge in [0.25, 0.3) is 5.91 Å². The highest BCUT2D eigenvalue weighted by atomic mass is 16.5. The van der Waals surface area contributed by atoms with Crippen molar-refractivity contribution in [2.24, 2.45) is 0 Å². The second kappa shape index (κ2) is 7.40. The van der Waals surface area contributed by atoms with E-state index in [1.54, 1.807) is 19.2 Å². The minimum Gasteiger partial charge on any atom is -0.497 e. The Labute approximate surface area is 158 Å². The molecule has 6 heteroatoms. The average molecular weight is 365 g/mol. The SMILES string of the molecule is COc1ccc(N2CCN(C3CC(=O)N(c4ccccc4)C3=O)CC2)cc1. The molecule has 2 heterocycles. The summed E-state index contributed by atoms with van der Waals surface area (Å²) in [5.41, 5.74) is 1.81. The van der Waals surface area contributed by atoms with Crippen molar-refractivity contribution in [2.75, 3.05) is 43.1 Å². The van der Waals surface area contributed by atoms with Crippen LogP contribution in [0.15, 0.2) is 54.6 Å². The van der Waals surface area contributed by atoms with E-state index in [4.69, 9.17) is 4.74 Å². The first-order chi connectivity index (χ1) is 13.2. The van der Waals surface area contributed by atoms with Crippen molar-refractivity contribution in [3.63, 3.8) is 0 Å². The number of hydrogen-bond donors (Lipinski definition) is 0. The van der Waals surface area contributed by atoms with E-state index in [0.29, 0.717) is 5.69 Å². The van der Waals surface area contributed by atoms with Gasteiger partial charge in [0, 0.05) is 31.9 Å².